The zero-order valence-electron chi connectivity index (χ0n) is 11.9. The lowest BCUT2D eigenvalue weighted by atomic mass is 10.2. The van der Waals surface area contributed by atoms with Crippen LogP contribution in [0.5, 0.6) is 0 Å². The predicted molar refractivity (Wildman–Crippen MR) is 81.5 cm³/mol. The van der Waals surface area contributed by atoms with Gasteiger partial charge in [0.2, 0.25) is 0 Å². The largest absolute Gasteiger partial charge is 0.460 e. The van der Waals surface area contributed by atoms with Gasteiger partial charge in [-0.15, -0.1) is 0 Å². The van der Waals surface area contributed by atoms with E-state index in [9.17, 15) is 9.59 Å². The molecule has 0 radical (unpaired) electrons. The summed E-state index contributed by atoms with van der Waals surface area (Å²) in [5.74, 6) is -1.50. The van der Waals surface area contributed by atoms with Gasteiger partial charge >= 0.3 is 5.97 Å². The van der Waals surface area contributed by atoms with E-state index in [1.807, 2.05) is 30.3 Å². The van der Waals surface area contributed by atoms with Gasteiger partial charge in [-0.3, -0.25) is 4.79 Å². The van der Waals surface area contributed by atoms with Crippen LogP contribution in [-0.2, 0) is 14.3 Å². The number of carbonyl (C=O) groups excluding carboxylic acids is 2. The highest BCUT2D eigenvalue weighted by Crippen LogP contribution is 2.29. The summed E-state index contributed by atoms with van der Waals surface area (Å²) in [6.07, 6.45) is 2.96. The number of esters is 1. The molecule has 0 spiro atoms. The summed E-state index contributed by atoms with van der Waals surface area (Å²) in [7, 11) is 0. The van der Waals surface area contributed by atoms with Crippen LogP contribution in [0.2, 0.25) is 0 Å². The smallest absolute Gasteiger partial charge is 0.379 e. The number of hydrogen-bond acceptors (Lipinski definition) is 5. The van der Waals surface area contributed by atoms with Crippen LogP contribution in [0.1, 0.15) is 26.2 Å². The Balaban J connectivity index is 2.78. The molecule has 0 bridgehead atoms. The van der Waals surface area contributed by atoms with Crippen LogP contribution >= 0.6 is 11.8 Å². The maximum absolute atomic E-state index is 11.7. The van der Waals surface area contributed by atoms with Gasteiger partial charge in [-0.05, 0) is 36.8 Å². The Hall–Kier alpha value is -2.06. The minimum atomic E-state index is -0.844. The number of ether oxygens (including phenoxy) is 1. The van der Waals surface area contributed by atoms with Crippen LogP contribution in [0.15, 0.2) is 46.2 Å². The zero-order chi connectivity index (χ0) is 15.5. The lowest BCUT2D eigenvalue weighted by Gasteiger charge is -2.06. The molecule has 0 heterocycles. The van der Waals surface area contributed by atoms with Gasteiger partial charge in [-0.25, -0.2) is 4.79 Å². The number of nitrogens with zero attached hydrogens (tertiary/aromatic N) is 1. The van der Waals surface area contributed by atoms with Crippen LogP contribution in [0, 0.1) is 11.3 Å². The molecule has 5 heteroatoms. The fourth-order valence-electron chi connectivity index (χ4n) is 1.54. The lowest BCUT2D eigenvalue weighted by molar-refractivity contribution is -0.151. The van der Waals surface area contributed by atoms with Crippen molar-refractivity contribution in [3.05, 3.63) is 41.3 Å². The molecule has 1 rings (SSSR count). The second-order valence-electron chi connectivity index (χ2n) is 4.12. The third-order valence-corrected chi connectivity index (χ3v) is 3.56. The Bertz CT molecular complexity index is 546. The third-order valence-electron chi connectivity index (χ3n) is 2.47. The van der Waals surface area contributed by atoms with Crippen LogP contribution in [-0.4, -0.2) is 18.4 Å². The molecular weight excluding hydrogens is 286 g/mol. The fraction of sp³-hybridized carbons (Fsp3) is 0.312. The Morgan fingerprint density at radius 1 is 1.33 bits per heavy atom. The normalized spacial score (nSPS) is 10.8. The second-order valence-corrected chi connectivity index (χ2v) is 5.32. The first-order chi connectivity index (χ1) is 10.2. The standard InChI is InChI=1S/C16H17NO3S/c1-2-20-16(19)15(18)12-14(10-6-7-11-17)21-13-8-4-3-5-9-13/h3-5,8-9,12H,2,6-7,10H2,1H3/b14-12+. The molecule has 0 aromatic heterocycles. The van der Waals surface area contributed by atoms with E-state index in [-0.39, 0.29) is 6.61 Å². The van der Waals surface area contributed by atoms with E-state index in [1.165, 1.54) is 17.8 Å². The number of thioether (sulfide) groups is 1. The molecule has 0 fully saturated rings. The number of nitriles is 1. The van der Waals surface area contributed by atoms with Crippen molar-refractivity contribution >= 4 is 23.5 Å². The highest BCUT2D eigenvalue weighted by Gasteiger charge is 2.13. The van der Waals surface area contributed by atoms with Crippen LogP contribution < -0.4 is 0 Å². The topological polar surface area (TPSA) is 67.2 Å². The average molecular weight is 303 g/mol. The molecule has 0 aliphatic rings. The number of benzene rings is 1. The Labute approximate surface area is 128 Å². The van der Waals surface area contributed by atoms with Crippen molar-refractivity contribution in [2.75, 3.05) is 6.61 Å². The van der Waals surface area contributed by atoms with Crippen molar-refractivity contribution in [3.8, 4) is 6.07 Å². The number of hydrogen-bond donors (Lipinski definition) is 0. The Morgan fingerprint density at radius 2 is 2.05 bits per heavy atom. The summed E-state index contributed by atoms with van der Waals surface area (Å²) in [4.78, 5) is 24.9. The fourth-order valence-corrected chi connectivity index (χ4v) is 2.55. The number of carbonyl (C=O) groups is 2. The van der Waals surface area contributed by atoms with Crippen molar-refractivity contribution < 1.29 is 14.3 Å². The van der Waals surface area contributed by atoms with Gasteiger partial charge in [0.25, 0.3) is 5.78 Å². The zero-order valence-corrected chi connectivity index (χ0v) is 12.7. The first-order valence-corrected chi connectivity index (χ1v) is 7.50. The predicted octanol–water partition coefficient (Wildman–Crippen LogP) is 3.49. The van der Waals surface area contributed by atoms with E-state index >= 15 is 0 Å². The average Bonchev–Trinajstić information content (AvgIpc) is 2.48. The van der Waals surface area contributed by atoms with Gasteiger partial charge in [-0.2, -0.15) is 5.26 Å². The van der Waals surface area contributed by atoms with E-state index in [0.717, 1.165) is 9.80 Å². The molecule has 0 unspecified atom stereocenters. The first kappa shape index (κ1) is 17.0. The molecule has 1 aromatic rings. The van der Waals surface area contributed by atoms with Crippen LogP contribution in [0.25, 0.3) is 0 Å². The van der Waals surface area contributed by atoms with Crippen LogP contribution in [0.3, 0.4) is 0 Å². The maximum atomic E-state index is 11.7. The number of unbranched alkanes of at least 4 members (excludes halogenated alkanes) is 1. The molecule has 4 nitrogen and oxygen atoms in total. The van der Waals surface area contributed by atoms with E-state index in [2.05, 4.69) is 10.8 Å². The summed E-state index contributed by atoms with van der Waals surface area (Å²) >= 11 is 1.43. The van der Waals surface area contributed by atoms with Gasteiger partial charge in [0.1, 0.15) is 0 Å². The molecule has 0 saturated carbocycles. The highest BCUT2D eigenvalue weighted by atomic mass is 32.2. The molecule has 0 amide bonds. The van der Waals surface area contributed by atoms with E-state index in [0.29, 0.717) is 19.3 Å². The first-order valence-electron chi connectivity index (χ1n) is 6.69. The molecule has 0 aliphatic heterocycles. The number of allylic oxidation sites excluding steroid dienone is 1. The SMILES string of the molecule is CCOC(=O)C(=O)/C=C(\CCCC#N)Sc1ccccc1. The van der Waals surface area contributed by atoms with Gasteiger partial charge < -0.3 is 4.74 Å². The quantitative estimate of drug-likeness (QED) is 0.242. The maximum Gasteiger partial charge on any atom is 0.379 e. The minimum Gasteiger partial charge on any atom is -0.460 e. The van der Waals surface area contributed by atoms with E-state index in [4.69, 9.17) is 5.26 Å². The lowest BCUT2D eigenvalue weighted by Crippen LogP contribution is -2.15. The van der Waals surface area contributed by atoms with Crippen LogP contribution in [0.4, 0.5) is 0 Å². The molecule has 0 atom stereocenters. The van der Waals surface area contributed by atoms with Crippen molar-refractivity contribution in [2.24, 2.45) is 0 Å². The summed E-state index contributed by atoms with van der Waals surface area (Å²) in [5, 5.41) is 8.59. The third kappa shape index (κ3) is 6.77. The van der Waals surface area contributed by atoms with Gasteiger partial charge in [0, 0.05) is 17.4 Å². The van der Waals surface area contributed by atoms with Crippen molar-refractivity contribution in [1.82, 2.24) is 0 Å². The Kier molecular flexibility index (Phi) is 7.92. The van der Waals surface area contributed by atoms with Gasteiger partial charge in [-0.1, -0.05) is 30.0 Å². The molecule has 110 valence electrons. The van der Waals surface area contributed by atoms with E-state index in [1.54, 1.807) is 6.92 Å². The summed E-state index contributed by atoms with van der Waals surface area (Å²) in [6.45, 7) is 1.83. The van der Waals surface area contributed by atoms with Gasteiger partial charge in [0.15, 0.2) is 0 Å². The molecule has 1 aromatic carbocycles. The number of ketones is 1. The second kappa shape index (κ2) is 9.78. The monoisotopic (exact) mass is 303 g/mol. The molecule has 0 saturated heterocycles. The van der Waals surface area contributed by atoms with Gasteiger partial charge in [0.05, 0.1) is 12.7 Å². The highest BCUT2D eigenvalue weighted by molar-refractivity contribution is 8.03. The Morgan fingerprint density at radius 3 is 2.67 bits per heavy atom. The summed E-state index contributed by atoms with van der Waals surface area (Å²) in [6, 6.07) is 11.6. The molecular formula is C16H17NO3S. The molecule has 0 aliphatic carbocycles. The molecule has 21 heavy (non-hydrogen) atoms. The van der Waals surface area contributed by atoms with Crippen molar-refractivity contribution in [2.45, 2.75) is 31.1 Å². The van der Waals surface area contributed by atoms with E-state index < -0.39 is 11.8 Å². The minimum absolute atomic E-state index is 0.175. The van der Waals surface area contributed by atoms with Crippen molar-refractivity contribution in [3.63, 3.8) is 0 Å². The summed E-state index contributed by atoms with van der Waals surface area (Å²) < 4.78 is 4.69. The number of rotatable bonds is 8. The summed E-state index contributed by atoms with van der Waals surface area (Å²) in [5.41, 5.74) is 0. The van der Waals surface area contributed by atoms with Crippen molar-refractivity contribution in [1.29, 1.82) is 5.26 Å². The molecule has 0 N–H and O–H groups in total.